The van der Waals surface area contributed by atoms with Crippen molar-refractivity contribution in [2.24, 2.45) is 5.92 Å². The molecule has 0 amide bonds. The Hall–Kier alpha value is -0.980. The van der Waals surface area contributed by atoms with Crippen molar-refractivity contribution in [2.75, 3.05) is 6.61 Å². The molecule has 2 N–H and O–H groups in total. The van der Waals surface area contributed by atoms with Gasteiger partial charge in [0, 0.05) is 16.0 Å². The van der Waals surface area contributed by atoms with Crippen LogP contribution in [0.2, 0.25) is 0 Å². The lowest BCUT2D eigenvalue weighted by Gasteiger charge is -2.19. The summed E-state index contributed by atoms with van der Waals surface area (Å²) in [5.74, 6) is -0.704. The molecule has 0 heterocycles. The second-order valence-electron chi connectivity index (χ2n) is 4.60. The maximum Gasteiger partial charge on any atom is 0.245 e. The van der Waals surface area contributed by atoms with E-state index in [1.165, 1.54) is 0 Å². The predicted octanol–water partition coefficient (Wildman–Crippen LogP) is 1.55. The Morgan fingerprint density at radius 1 is 1.39 bits per heavy atom. The topological polar surface area (TPSA) is 83.6 Å². The van der Waals surface area contributed by atoms with Gasteiger partial charge in [-0.25, -0.2) is 0 Å². The summed E-state index contributed by atoms with van der Waals surface area (Å²) in [6.45, 7) is -0.151. The SMILES string of the molecule is O=[N+]([O-])C1C(O)C[C@@H](CO)[C@H]1c1ccc(Br)cc1. The summed E-state index contributed by atoms with van der Waals surface area (Å²) in [5.41, 5.74) is 0.788. The lowest BCUT2D eigenvalue weighted by atomic mass is 9.87. The second kappa shape index (κ2) is 5.34. The molecule has 5 nitrogen and oxygen atoms in total. The lowest BCUT2D eigenvalue weighted by molar-refractivity contribution is -0.534. The molecule has 2 rings (SSSR count). The van der Waals surface area contributed by atoms with E-state index in [2.05, 4.69) is 15.9 Å². The van der Waals surface area contributed by atoms with Gasteiger partial charge in [0.25, 0.3) is 0 Å². The standard InChI is InChI=1S/C12H14BrNO4/c13-9-3-1-7(2-4-9)11-8(6-15)5-10(16)12(11)14(17)18/h1-4,8,10-12,15-16H,5-6H2/t8-,10?,11+,12?/m0/s1. The summed E-state index contributed by atoms with van der Waals surface area (Å²) >= 11 is 3.31. The highest BCUT2D eigenvalue weighted by Gasteiger charge is 2.50. The van der Waals surface area contributed by atoms with Gasteiger partial charge in [-0.15, -0.1) is 0 Å². The Labute approximate surface area is 113 Å². The molecule has 0 saturated heterocycles. The Morgan fingerprint density at radius 2 is 2.00 bits per heavy atom. The van der Waals surface area contributed by atoms with Crippen molar-refractivity contribution in [1.82, 2.24) is 0 Å². The highest BCUT2D eigenvalue weighted by Crippen LogP contribution is 2.41. The van der Waals surface area contributed by atoms with Crippen LogP contribution in [-0.4, -0.2) is 33.9 Å². The quantitative estimate of drug-likeness (QED) is 0.655. The van der Waals surface area contributed by atoms with Crippen LogP contribution < -0.4 is 0 Å². The van der Waals surface area contributed by atoms with Crippen LogP contribution in [0.1, 0.15) is 17.9 Å². The fraction of sp³-hybridized carbons (Fsp3) is 0.500. The highest BCUT2D eigenvalue weighted by molar-refractivity contribution is 9.10. The van der Waals surface area contributed by atoms with Crippen molar-refractivity contribution in [3.8, 4) is 0 Å². The number of halogens is 1. The van der Waals surface area contributed by atoms with E-state index in [-0.39, 0.29) is 18.9 Å². The van der Waals surface area contributed by atoms with Crippen molar-refractivity contribution >= 4 is 15.9 Å². The first-order chi connectivity index (χ1) is 8.54. The first kappa shape index (κ1) is 13.5. The van der Waals surface area contributed by atoms with E-state index >= 15 is 0 Å². The average molecular weight is 316 g/mol. The number of rotatable bonds is 3. The molecule has 0 spiro atoms. The van der Waals surface area contributed by atoms with Crippen molar-refractivity contribution < 1.29 is 15.1 Å². The molecule has 1 aliphatic rings. The van der Waals surface area contributed by atoms with Gasteiger partial charge in [0.05, 0.1) is 5.92 Å². The van der Waals surface area contributed by atoms with E-state index in [0.717, 1.165) is 10.0 Å². The van der Waals surface area contributed by atoms with Gasteiger partial charge in [0.2, 0.25) is 6.04 Å². The molecule has 0 aliphatic heterocycles. The summed E-state index contributed by atoms with van der Waals surface area (Å²) in [6, 6.07) is 6.18. The maximum atomic E-state index is 11.1. The zero-order valence-electron chi connectivity index (χ0n) is 9.57. The van der Waals surface area contributed by atoms with Gasteiger partial charge in [-0.3, -0.25) is 10.1 Å². The van der Waals surface area contributed by atoms with Crippen LogP contribution in [0.4, 0.5) is 0 Å². The molecular weight excluding hydrogens is 302 g/mol. The Balaban J connectivity index is 2.36. The van der Waals surface area contributed by atoms with Gasteiger partial charge in [-0.1, -0.05) is 28.1 Å². The fourth-order valence-corrected chi connectivity index (χ4v) is 2.99. The van der Waals surface area contributed by atoms with Gasteiger partial charge in [0.1, 0.15) is 6.10 Å². The lowest BCUT2D eigenvalue weighted by Crippen LogP contribution is -2.33. The van der Waals surface area contributed by atoms with Crippen molar-refractivity contribution in [1.29, 1.82) is 0 Å². The molecule has 18 heavy (non-hydrogen) atoms. The zero-order chi connectivity index (χ0) is 13.3. The van der Waals surface area contributed by atoms with Crippen LogP contribution in [0.25, 0.3) is 0 Å². The first-order valence-corrected chi connectivity index (χ1v) is 6.51. The van der Waals surface area contributed by atoms with Gasteiger partial charge >= 0.3 is 0 Å². The molecule has 4 atom stereocenters. The number of nitro groups is 1. The van der Waals surface area contributed by atoms with Crippen LogP contribution >= 0.6 is 15.9 Å². The molecule has 1 saturated carbocycles. The van der Waals surface area contributed by atoms with E-state index < -0.39 is 23.0 Å². The van der Waals surface area contributed by atoms with Crippen molar-refractivity contribution in [3.63, 3.8) is 0 Å². The molecule has 98 valence electrons. The van der Waals surface area contributed by atoms with Gasteiger partial charge in [0.15, 0.2) is 0 Å². The first-order valence-electron chi connectivity index (χ1n) is 5.72. The minimum atomic E-state index is -1.04. The molecule has 1 aliphatic carbocycles. The molecule has 6 heteroatoms. The van der Waals surface area contributed by atoms with Crippen LogP contribution in [0.3, 0.4) is 0 Å². The van der Waals surface area contributed by atoms with Crippen LogP contribution in [0.5, 0.6) is 0 Å². The molecule has 0 bridgehead atoms. The third-order valence-electron chi connectivity index (χ3n) is 3.55. The normalized spacial score (nSPS) is 31.5. The molecule has 0 radical (unpaired) electrons. The van der Waals surface area contributed by atoms with Crippen LogP contribution in [0.15, 0.2) is 28.7 Å². The molecule has 1 aromatic rings. The number of hydrogen-bond acceptors (Lipinski definition) is 4. The van der Waals surface area contributed by atoms with E-state index in [0.29, 0.717) is 0 Å². The summed E-state index contributed by atoms with van der Waals surface area (Å²) < 4.78 is 0.892. The second-order valence-corrected chi connectivity index (χ2v) is 5.51. The molecule has 0 aromatic heterocycles. The maximum absolute atomic E-state index is 11.1. The number of benzene rings is 1. The molecule has 1 fully saturated rings. The van der Waals surface area contributed by atoms with Crippen molar-refractivity contribution in [3.05, 3.63) is 44.4 Å². The number of nitrogens with zero attached hydrogens (tertiary/aromatic N) is 1. The Morgan fingerprint density at radius 3 is 2.50 bits per heavy atom. The fourth-order valence-electron chi connectivity index (χ4n) is 2.73. The van der Waals surface area contributed by atoms with E-state index in [9.17, 15) is 20.3 Å². The molecule has 2 unspecified atom stereocenters. The van der Waals surface area contributed by atoms with Gasteiger partial charge in [-0.05, 0) is 30.0 Å². The van der Waals surface area contributed by atoms with Crippen molar-refractivity contribution in [2.45, 2.75) is 24.5 Å². The third kappa shape index (κ3) is 2.41. The smallest absolute Gasteiger partial charge is 0.245 e. The van der Waals surface area contributed by atoms with Crippen LogP contribution in [0, 0.1) is 16.0 Å². The highest BCUT2D eigenvalue weighted by atomic mass is 79.9. The minimum Gasteiger partial charge on any atom is -0.396 e. The van der Waals surface area contributed by atoms with Crippen LogP contribution in [-0.2, 0) is 0 Å². The summed E-state index contributed by atoms with van der Waals surface area (Å²) in [6.07, 6.45) is -0.728. The van der Waals surface area contributed by atoms with E-state index in [1.807, 2.05) is 12.1 Å². The van der Waals surface area contributed by atoms with E-state index in [1.54, 1.807) is 12.1 Å². The van der Waals surface area contributed by atoms with Gasteiger partial charge in [-0.2, -0.15) is 0 Å². The van der Waals surface area contributed by atoms with E-state index in [4.69, 9.17) is 0 Å². The monoisotopic (exact) mass is 315 g/mol. The number of hydrogen-bond donors (Lipinski definition) is 2. The predicted molar refractivity (Wildman–Crippen MR) is 68.9 cm³/mol. The largest absolute Gasteiger partial charge is 0.396 e. The molecular formula is C12H14BrNO4. The Bertz CT molecular complexity index is 436. The average Bonchev–Trinajstić information content (AvgIpc) is 2.67. The zero-order valence-corrected chi connectivity index (χ0v) is 11.2. The summed E-state index contributed by atoms with van der Waals surface area (Å²) in [5, 5.41) is 30.2. The Kier molecular flexibility index (Phi) is 3.99. The minimum absolute atomic E-state index is 0.151. The number of aliphatic hydroxyl groups is 2. The van der Waals surface area contributed by atoms with Gasteiger partial charge < -0.3 is 10.2 Å². The summed E-state index contributed by atoms with van der Waals surface area (Å²) in [7, 11) is 0. The summed E-state index contributed by atoms with van der Waals surface area (Å²) in [4.78, 5) is 10.6. The number of aliphatic hydroxyl groups excluding tert-OH is 2. The third-order valence-corrected chi connectivity index (χ3v) is 4.08. The molecule has 1 aromatic carbocycles.